The minimum Gasteiger partial charge on any atom is -0.461 e. The van der Waals surface area contributed by atoms with Gasteiger partial charge < -0.3 is 4.74 Å². The van der Waals surface area contributed by atoms with Crippen LogP contribution in [0, 0.1) is 5.92 Å². The summed E-state index contributed by atoms with van der Waals surface area (Å²) < 4.78 is 5.14. The van der Waals surface area contributed by atoms with Crippen LogP contribution in [0.3, 0.4) is 0 Å². The van der Waals surface area contributed by atoms with Gasteiger partial charge in [-0.2, -0.15) is 0 Å². The third-order valence-corrected chi connectivity index (χ3v) is 3.27. The number of fused-ring (bicyclic) bond motifs is 1. The molecule has 1 aliphatic heterocycles. The Morgan fingerprint density at radius 1 is 0.923 bits per heavy atom. The first-order valence-corrected chi connectivity index (χ1v) is 5.58. The first-order valence-electron chi connectivity index (χ1n) is 5.58. The lowest BCUT2D eigenvalue weighted by atomic mass is 9.86. The molecule has 13 heavy (non-hydrogen) atoms. The van der Waals surface area contributed by atoms with Crippen molar-refractivity contribution < 1.29 is 9.53 Å². The molecule has 1 heterocycles. The summed E-state index contributed by atoms with van der Waals surface area (Å²) in [7, 11) is 0. The molecule has 0 aromatic carbocycles. The number of esters is 1. The van der Waals surface area contributed by atoms with Gasteiger partial charge in [-0.05, 0) is 19.3 Å². The maximum absolute atomic E-state index is 11.1. The Kier molecular flexibility index (Phi) is 2.87. The molecule has 2 nitrogen and oxygen atoms in total. The maximum atomic E-state index is 11.1. The van der Waals surface area contributed by atoms with E-state index in [1.54, 1.807) is 0 Å². The number of hydrogen-bond acceptors (Lipinski definition) is 2. The lowest BCUT2D eigenvalue weighted by Gasteiger charge is -2.35. The molecule has 2 aliphatic rings. The van der Waals surface area contributed by atoms with E-state index in [0.717, 1.165) is 12.8 Å². The van der Waals surface area contributed by atoms with Gasteiger partial charge >= 0.3 is 5.97 Å². The zero-order chi connectivity index (χ0) is 9.10. The Balaban J connectivity index is 1.84. The fraction of sp³-hybridized carbons (Fsp3) is 0.909. The number of ether oxygens (including phenoxy) is 1. The minimum absolute atomic E-state index is 0.0607. The Bertz CT molecular complexity index is 189. The quantitative estimate of drug-likeness (QED) is 0.538. The Hall–Kier alpha value is -0.530. The second-order valence-electron chi connectivity index (χ2n) is 4.28. The third-order valence-electron chi connectivity index (χ3n) is 3.27. The van der Waals surface area contributed by atoms with Crippen LogP contribution in [0.4, 0.5) is 0 Å². The van der Waals surface area contributed by atoms with Gasteiger partial charge in [0, 0.05) is 0 Å². The lowest BCUT2D eigenvalue weighted by molar-refractivity contribution is -0.186. The van der Waals surface area contributed by atoms with E-state index in [1.165, 1.54) is 38.5 Å². The Morgan fingerprint density at radius 2 is 1.54 bits per heavy atom. The van der Waals surface area contributed by atoms with Gasteiger partial charge in [-0.15, -0.1) is 0 Å². The van der Waals surface area contributed by atoms with Crippen LogP contribution in [0.2, 0.25) is 0 Å². The lowest BCUT2D eigenvalue weighted by Crippen LogP contribution is -2.45. The molecule has 0 spiro atoms. The molecule has 74 valence electrons. The summed E-state index contributed by atoms with van der Waals surface area (Å²) >= 11 is 0. The SMILES string of the molecule is O=C1OC2CCCCCCCCC12. The van der Waals surface area contributed by atoms with Gasteiger partial charge in [-0.1, -0.05) is 32.1 Å². The molecule has 0 N–H and O–H groups in total. The van der Waals surface area contributed by atoms with Crippen LogP contribution in [0.15, 0.2) is 0 Å². The summed E-state index contributed by atoms with van der Waals surface area (Å²) in [6, 6.07) is 0. The van der Waals surface area contributed by atoms with Gasteiger partial charge in [0.1, 0.15) is 6.10 Å². The van der Waals surface area contributed by atoms with Gasteiger partial charge in [-0.25, -0.2) is 0 Å². The van der Waals surface area contributed by atoms with Crippen molar-refractivity contribution in [3.63, 3.8) is 0 Å². The van der Waals surface area contributed by atoms with Crippen molar-refractivity contribution in [3.05, 3.63) is 0 Å². The van der Waals surface area contributed by atoms with Crippen LogP contribution in [0.5, 0.6) is 0 Å². The monoisotopic (exact) mass is 182 g/mol. The standard InChI is InChI=1S/C11H18O2/c12-11-9-7-5-3-1-2-4-6-8-10(9)13-11/h9-10H,1-8H2. The Labute approximate surface area is 79.7 Å². The highest BCUT2D eigenvalue weighted by Gasteiger charge is 2.40. The van der Waals surface area contributed by atoms with Crippen molar-refractivity contribution in [2.45, 2.75) is 57.5 Å². The van der Waals surface area contributed by atoms with E-state index in [0.29, 0.717) is 0 Å². The molecule has 1 saturated carbocycles. The van der Waals surface area contributed by atoms with Crippen molar-refractivity contribution in [3.8, 4) is 0 Å². The zero-order valence-corrected chi connectivity index (χ0v) is 8.13. The van der Waals surface area contributed by atoms with Crippen LogP contribution >= 0.6 is 0 Å². The van der Waals surface area contributed by atoms with E-state index < -0.39 is 0 Å². The predicted octanol–water partition coefficient (Wildman–Crippen LogP) is 2.66. The van der Waals surface area contributed by atoms with Crippen molar-refractivity contribution >= 4 is 5.97 Å². The van der Waals surface area contributed by atoms with Gasteiger partial charge in [0.2, 0.25) is 0 Å². The molecular weight excluding hydrogens is 164 g/mol. The van der Waals surface area contributed by atoms with E-state index in [9.17, 15) is 4.79 Å². The number of carbonyl (C=O) groups is 1. The second kappa shape index (κ2) is 4.12. The van der Waals surface area contributed by atoms with Crippen molar-refractivity contribution in [1.29, 1.82) is 0 Å². The maximum Gasteiger partial charge on any atom is 0.313 e. The van der Waals surface area contributed by atoms with Crippen molar-refractivity contribution in [2.75, 3.05) is 0 Å². The molecule has 0 bridgehead atoms. The average Bonchev–Trinajstić information content (AvgIpc) is 2.13. The molecule has 0 aromatic rings. The van der Waals surface area contributed by atoms with Crippen LogP contribution < -0.4 is 0 Å². The minimum atomic E-state index is 0.0607. The van der Waals surface area contributed by atoms with Crippen LogP contribution in [0.1, 0.15) is 51.4 Å². The largest absolute Gasteiger partial charge is 0.461 e. The van der Waals surface area contributed by atoms with Crippen LogP contribution in [-0.2, 0) is 9.53 Å². The summed E-state index contributed by atoms with van der Waals surface area (Å²) in [4.78, 5) is 11.1. The number of carbonyl (C=O) groups excluding carboxylic acids is 1. The normalized spacial score (nSPS) is 35.5. The number of hydrogen-bond donors (Lipinski definition) is 0. The summed E-state index contributed by atoms with van der Waals surface area (Å²) in [5.74, 6) is 0.323. The van der Waals surface area contributed by atoms with E-state index >= 15 is 0 Å². The zero-order valence-electron chi connectivity index (χ0n) is 8.13. The van der Waals surface area contributed by atoms with Crippen molar-refractivity contribution in [2.24, 2.45) is 5.92 Å². The predicted molar refractivity (Wildman–Crippen MR) is 50.3 cm³/mol. The molecule has 2 heteroatoms. The average molecular weight is 182 g/mol. The highest BCUT2D eigenvalue weighted by atomic mass is 16.6. The number of rotatable bonds is 0. The first-order chi connectivity index (χ1) is 6.38. The first kappa shape index (κ1) is 9.04. The topological polar surface area (TPSA) is 26.3 Å². The molecule has 0 radical (unpaired) electrons. The summed E-state index contributed by atoms with van der Waals surface area (Å²) in [6.07, 6.45) is 10.3. The van der Waals surface area contributed by atoms with Gasteiger partial charge in [0.25, 0.3) is 0 Å². The fourth-order valence-electron chi connectivity index (χ4n) is 2.38. The highest BCUT2D eigenvalue weighted by molar-refractivity contribution is 5.78. The molecule has 1 saturated heterocycles. The van der Waals surface area contributed by atoms with Crippen LogP contribution in [-0.4, -0.2) is 12.1 Å². The van der Waals surface area contributed by atoms with Gasteiger partial charge in [0.05, 0.1) is 5.92 Å². The Morgan fingerprint density at radius 3 is 2.23 bits per heavy atom. The van der Waals surface area contributed by atoms with E-state index in [4.69, 9.17) is 4.74 Å². The van der Waals surface area contributed by atoms with Crippen molar-refractivity contribution in [1.82, 2.24) is 0 Å². The smallest absolute Gasteiger partial charge is 0.313 e. The molecule has 2 rings (SSSR count). The molecule has 0 aromatic heterocycles. The van der Waals surface area contributed by atoms with Gasteiger partial charge in [-0.3, -0.25) is 4.79 Å². The fourth-order valence-corrected chi connectivity index (χ4v) is 2.38. The molecule has 2 atom stereocenters. The summed E-state index contributed by atoms with van der Waals surface area (Å²) in [5.41, 5.74) is 0. The summed E-state index contributed by atoms with van der Waals surface area (Å²) in [6.45, 7) is 0. The molecular formula is C11H18O2. The molecule has 0 amide bonds. The third kappa shape index (κ3) is 2.04. The summed E-state index contributed by atoms with van der Waals surface area (Å²) in [5, 5.41) is 0. The highest BCUT2D eigenvalue weighted by Crippen LogP contribution is 2.32. The molecule has 2 fully saturated rings. The second-order valence-corrected chi connectivity index (χ2v) is 4.28. The molecule has 2 unspecified atom stereocenters. The van der Waals surface area contributed by atoms with E-state index in [2.05, 4.69) is 0 Å². The van der Waals surface area contributed by atoms with Gasteiger partial charge in [0.15, 0.2) is 0 Å². The van der Waals surface area contributed by atoms with E-state index in [-0.39, 0.29) is 18.0 Å². The van der Waals surface area contributed by atoms with Crippen LogP contribution in [0.25, 0.3) is 0 Å². The van der Waals surface area contributed by atoms with E-state index in [1.807, 2.05) is 0 Å². The molecule has 1 aliphatic carbocycles.